The fourth-order valence-electron chi connectivity index (χ4n) is 4.50. The van der Waals surface area contributed by atoms with Crippen LogP contribution in [0.15, 0.2) is 30.3 Å². The Kier molecular flexibility index (Phi) is 7.13. The van der Waals surface area contributed by atoms with E-state index in [1.54, 1.807) is 0 Å². The normalized spacial score (nSPS) is 34.3. The molecule has 0 saturated carbocycles. The molecule has 5 atom stereocenters. The molecular weight excluding hydrogens is 356 g/mol. The Morgan fingerprint density at radius 2 is 1.71 bits per heavy atom. The zero-order valence-electron chi connectivity index (χ0n) is 16.6. The van der Waals surface area contributed by atoms with Gasteiger partial charge in [0.15, 0.2) is 5.78 Å². The van der Waals surface area contributed by atoms with E-state index in [4.69, 9.17) is 18.9 Å². The second-order valence-corrected chi connectivity index (χ2v) is 8.21. The van der Waals surface area contributed by atoms with Crippen molar-refractivity contribution < 1.29 is 23.7 Å². The third-order valence-corrected chi connectivity index (χ3v) is 6.11. The molecule has 3 saturated heterocycles. The van der Waals surface area contributed by atoms with Gasteiger partial charge in [0.05, 0.1) is 31.0 Å². The Balaban J connectivity index is 1.38. The topological polar surface area (TPSA) is 54.0 Å². The lowest BCUT2D eigenvalue weighted by Crippen LogP contribution is -2.48. The van der Waals surface area contributed by atoms with Gasteiger partial charge in [-0.05, 0) is 44.1 Å². The molecule has 0 bridgehead atoms. The number of carbonyl (C=O) groups excluding carboxylic acids is 1. The molecule has 3 aliphatic heterocycles. The zero-order chi connectivity index (χ0) is 19.2. The van der Waals surface area contributed by atoms with Crippen LogP contribution >= 0.6 is 0 Å². The first-order valence-electron chi connectivity index (χ1n) is 10.9. The Morgan fingerprint density at radius 3 is 2.57 bits per heavy atom. The van der Waals surface area contributed by atoms with E-state index in [9.17, 15) is 4.79 Å². The largest absolute Gasteiger partial charge is 0.375 e. The SMILES string of the molecule is O=C1C[C@H]2OCCCC[C@@H]2O[C@@H]1C[C@@H]1OCCCC[C@H]1OCc1ccccc1. The minimum Gasteiger partial charge on any atom is -0.375 e. The first-order chi connectivity index (χ1) is 13.8. The first kappa shape index (κ1) is 20.0. The summed E-state index contributed by atoms with van der Waals surface area (Å²) in [4.78, 5) is 12.7. The van der Waals surface area contributed by atoms with Crippen LogP contribution < -0.4 is 0 Å². The van der Waals surface area contributed by atoms with Gasteiger partial charge in [-0.3, -0.25) is 4.79 Å². The third kappa shape index (κ3) is 5.20. The van der Waals surface area contributed by atoms with Crippen molar-refractivity contribution in [2.45, 2.75) is 88.5 Å². The van der Waals surface area contributed by atoms with Gasteiger partial charge in [-0.1, -0.05) is 30.3 Å². The number of hydrogen-bond donors (Lipinski definition) is 0. The minimum atomic E-state index is -0.395. The lowest BCUT2D eigenvalue weighted by Gasteiger charge is -2.36. The highest BCUT2D eigenvalue weighted by atomic mass is 16.6. The average Bonchev–Trinajstić information content (AvgIpc) is 3.08. The van der Waals surface area contributed by atoms with Gasteiger partial charge in [0.1, 0.15) is 6.10 Å². The lowest BCUT2D eigenvalue weighted by atomic mass is 9.92. The van der Waals surface area contributed by atoms with Crippen LogP contribution in [0.4, 0.5) is 0 Å². The molecule has 28 heavy (non-hydrogen) atoms. The summed E-state index contributed by atoms with van der Waals surface area (Å²) in [7, 11) is 0. The van der Waals surface area contributed by atoms with Crippen molar-refractivity contribution in [2.24, 2.45) is 0 Å². The predicted molar refractivity (Wildman–Crippen MR) is 105 cm³/mol. The molecule has 4 rings (SSSR count). The number of rotatable bonds is 5. The second-order valence-electron chi connectivity index (χ2n) is 8.21. The van der Waals surface area contributed by atoms with E-state index in [1.165, 1.54) is 0 Å². The van der Waals surface area contributed by atoms with E-state index < -0.39 is 6.10 Å². The molecule has 1 aromatic carbocycles. The molecule has 0 aromatic heterocycles. The van der Waals surface area contributed by atoms with E-state index >= 15 is 0 Å². The molecule has 0 spiro atoms. The van der Waals surface area contributed by atoms with Crippen molar-refractivity contribution in [3.8, 4) is 0 Å². The Labute approximate surface area is 167 Å². The van der Waals surface area contributed by atoms with Crippen LogP contribution in [-0.4, -0.2) is 49.5 Å². The van der Waals surface area contributed by atoms with Crippen LogP contribution in [0.5, 0.6) is 0 Å². The summed E-state index contributed by atoms with van der Waals surface area (Å²) in [5, 5.41) is 0. The van der Waals surface area contributed by atoms with Crippen LogP contribution in [0.1, 0.15) is 56.9 Å². The summed E-state index contributed by atoms with van der Waals surface area (Å²) in [6, 6.07) is 10.2. The molecule has 0 radical (unpaired) electrons. The first-order valence-corrected chi connectivity index (χ1v) is 10.9. The molecule has 0 amide bonds. The summed E-state index contributed by atoms with van der Waals surface area (Å²) in [6.45, 7) is 2.04. The molecular formula is C23H32O5. The molecule has 3 aliphatic rings. The van der Waals surface area contributed by atoms with Gasteiger partial charge in [0, 0.05) is 26.1 Å². The molecule has 0 N–H and O–H groups in total. The summed E-state index contributed by atoms with van der Waals surface area (Å²) in [5.41, 5.74) is 1.16. The van der Waals surface area contributed by atoms with E-state index in [-0.39, 0.29) is 30.2 Å². The van der Waals surface area contributed by atoms with Crippen LogP contribution in [0, 0.1) is 0 Å². The number of fused-ring (bicyclic) bond motifs is 1. The van der Waals surface area contributed by atoms with Gasteiger partial charge in [-0.15, -0.1) is 0 Å². The average molecular weight is 389 g/mol. The Morgan fingerprint density at radius 1 is 0.929 bits per heavy atom. The van der Waals surface area contributed by atoms with Crippen LogP contribution in [0.2, 0.25) is 0 Å². The van der Waals surface area contributed by atoms with Crippen molar-refractivity contribution in [3.05, 3.63) is 35.9 Å². The summed E-state index contributed by atoms with van der Waals surface area (Å²) in [5.74, 6) is 0.151. The standard InChI is InChI=1S/C23H32O5/c24-18-14-22-20(11-5-7-12-25-22)28-21(18)15-23-19(10-4-6-13-26-23)27-16-17-8-2-1-3-9-17/h1-3,8-9,19-23H,4-7,10-16H2/t19-,20+,21-,22-,23+/m1/s1. The Bertz CT molecular complexity index is 619. The van der Waals surface area contributed by atoms with E-state index in [1.807, 2.05) is 18.2 Å². The van der Waals surface area contributed by atoms with Gasteiger partial charge in [0.2, 0.25) is 0 Å². The quantitative estimate of drug-likeness (QED) is 0.767. The number of hydrogen-bond acceptors (Lipinski definition) is 5. The fraction of sp³-hybridized carbons (Fsp3) is 0.696. The molecule has 0 aliphatic carbocycles. The van der Waals surface area contributed by atoms with E-state index in [2.05, 4.69) is 12.1 Å². The van der Waals surface area contributed by atoms with Crippen LogP contribution in [-0.2, 0) is 30.3 Å². The number of carbonyl (C=O) groups is 1. The van der Waals surface area contributed by atoms with Crippen molar-refractivity contribution in [2.75, 3.05) is 13.2 Å². The maximum Gasteiger partial charge on any atom is 0.164 e. The summed E-state index contributed by atoms with van der Waals surface area (Å²) in [6.07, 6.45) is 6.78. The van der Waals surface area contributed by atoms with Gasteiger partial charge in [0.25, 0.3) is 0 Å². The van der Waals surface area contributed by atoms with Gasteiger partial charge in [-0.25, -0.2) is 0 Å². The van der Waals surface area contributed by atoms with E-state index in [0.29, 0.717) is 19.4 Å². The molecule has 5 heteroatoms. The monoisotopic (exact) mass is 388 g/mol. The van der Waals surface area contributed by atoms with Crippen LogP contribution in [0.3, 0.4) is 0 Å². The Hall–Kier alpha value is -1.27. The number of benzene rings is 1. The predicted octanol–water partition coefficient (Wildman–Crippen LogP) is 3.83. The number of ether oxygens (including phenoxy) is 4. The van der Waals surface area contributed by atoms with Crippen molar-refractivity contribution >= 4 is 5.78 Å². The van der Waals surface area contributed by atoms with Crippen molar-refractivity contribution in [3.63, 3.8) is 0 Å². The smallest absolute Gasteiger partial charge is 0.164 e. The fourth-order valence-corrected chi connectivity index (χ4v) is 4.50. The molecule has 0 unspecified atom stereocenters. The number of ketones is 1. The van der Waals surface area contributed by atoms with Crippen molar-refractivity contribution in [1.29, 1.82) is 0 Å². The summed E-state index contributed by atoms with van der Waals surface area (Å²) < 4.78 is 24.4. The maximum absolute atomic E-state index is 12.7. The third-order valence-electron chi connectivity index (χ3n) is 6.11. The minimum absolute atomic E-state index is 0.00205. The molecule has 5 nitrogen and oxygen atoms in total. The maximum atomic E-state index is 12.7. The molecule has 154 valence electrons. The zero-order valence-corrected chi connectivity index (χ0v) is 16.6. The van der Waals surface area contributed by atoms with Crippen LogP contribution in [0.25, 0.3) is 0 Å². The highest BCUT2D eigenvalue weighted by molar-refractivity contribution is 5.84. The molecule has 1 aromatic rings. The van der Waals surface area contributed by atoms with E-state index in [0.717, 1.165) is 57.3 Å². The second kappa shape index (κ2) is 9.97. The van der Waals surface area contributed by atoms with Gasteiger partial charge in [-0.2, -0.15) is 0 Å². The van der Waals surface area contributed by atoms with Gasteiger partial charge < -0.3 is 18.9 Å². The molecule has 3 fully saturated rings. The molecule has 3 heterocycles. The van der Waals surface area contributed by atoms with Crippen molar-refractivity contribution in [1.82, 2.24) is 0 Å². The lowest BCUT2D eigenvalue weighted by molar-refractivity contribution is -0.172. The highest BCUT2D eigenvalue weighted by Gasteiger charge is 2.40. The summed E-state index contributed by atoms with van der Waals surface area (Å²) >= 11 is 0. The van der Waals surface area contributed by atoms with Gasteiger partial charge >= 0.3 is 0 Å². The highest BCUT2D eigenvalue weighted by Crippen LogP contribution is 2.30. The number of Topliss-reactive ketones (excluding diaryl/α,β-unsaturated/α-hetero) is 1.